The largest absolute Gasteiger partial charge is 0.455 e. The summed E-state index contributed by atoms with van der Waals surface area (Å²) in [6, 6.07) is 16.9. The van der Waals surface area contributed by atoms with E-state index in [1.807, 2.05) is 6.07 Å². The Hall–Kier alpha value is -2.83. The van der Waals surface area contributed by atoms with E-state index >= 15 is 0 Å². The smallest absolute Gasteiger partial charge is 0.289 e. The van der Waals surface area contributed by atoms with Gasteiger partial charge in [0.1, 0.15) is 5.76 Å². The molecule has 0 radical (unpaired) electrons. The number of carbonyl (C=O) groups is 1. The highest BCUT2D eigenvalue weighted by Crippen LogP contribution is 2.34. The molecule has 3 aromatic rings. The summed E-state index contributed by atoms with van der Waals surface area (Å²) in [4.78, 5) is 17.0. The molecule has 0 aliphatic carbocycles. The zero-order valence-corrected chi connectivity index (χ0v) is 17.3. The van der Waals surface area contributed by atoms with E-state index in [1.54, 1.807) is 11.0 Å². The Morgan fingerprint density at radius 2 is 1.90 bits per heavy atom. The van der Waals surface area contributed by atoms with Crippen molar-refractivity contribution in [3.63, 3.8) is 0 Å². The highest BCUT2D eigenvalue weighted by Gasteiger charge is 2.30. The molecule has 2 aliphatic rings. The first-order chi connectivity index (χ1) is 14.7. The monoisotopic (exact) mass is 405 g/mol. The number of morpholine rings is 1. The van der Waals surface area contributed by atoms with Crippen molar-refractivity contribution in [3.05, 3.63) is 83.1 Å². The van der Waals surface area contributed by atoms with E-state index in [2.05, 4.69) is 59.0 Å². The molecule has 6 heteroatoms. The summed E-state index contributed by atoms with van der Waals surface area (Å²) >= 11 is 0. The first-order valence-electron chi connectivity index (χ1n) is 10.6. The molecule has 4 heterocycles. The van der Waals surface area contributed by atoms with Crippen LogP contribution in [0.25, 0.3) is 0 Å². The third-order valence-electron chi connectivity index (χ3n) is 6.03. The highest BCUT2D eigenvalue weighted by molar-refractivity contribution is 5.91. The number of hydrogen-bond donors (Lipinski definition) is 0. The Labute approximate surface area is 176 Å². The van der Waals surface area contributed by atoms with Gasteiger partial charge in [0.15, 0.2) is 5.76 Å². The summed E-state index contributed by atoms with van der Waals surface area (Å²) in [5, 5.41) is 0. The van der Waals surface area contributed by atoms with Crippen LogP contribution in [0.2, 0.25) is 0 Å². The molecule has 6 nitrogen and oxygen atoms in total. The first kappa shape index (κ1) is 19.2. The van der Waals surface area contributed by atoms with Crippen LogP contribution in [0.1, 0.15) is 39.2 Å². The summed E-state index contributed by atoms with van der Waals surface area (Å²) in [7, 11) is 0. The minimum atomic E-state index is -0.0488. The van der Waals surface area contributed by atoms with E-state index < -0.39 is 0 Å². The number of benzene rings is 1. The Morgan fingerprint density at radius 1 is 1.03 bits per heavy atom. The van der Waals surface area contributed by atoms with E-state index in [0.717, 1.165) is 18.8 Å². The topological polar surface area (TPSA) is 50.9 Å². The number of carbonyl (C=O) groups excluding carboxylic acids is 1. The van der Waals surface area contributed by atoms with Gasteiger partial charge in [-0.3, -0.25) is 9.69 Å². The zero-order chi connectivity index (χ0) is 20.5. The van der Waals surface area contributed by atoms with Crippen LogP contribution in [0.3, 0.4) is 0 Å². The lowest BCUT2D eigenvalue weighted by molar-refractivity contribution is 0.0280. The maximum atomic E-state index is 12.7. The quantitative estimate of drug-likeness (QED) is 0.667. The molecule has 2 aromatic heterocycles. The van der Waals surface area contributed by atoms with E-state index in [1.165, 1.54) is 16.8 Å². The van der Waals surface area contributed by atoms with Gasteiger partial charge in [-0.05, 0) is 36.8 Å². The van der Waals surface area contributed by atoms with Crippen LogP contribution in [0.4, 0.5) is 0 Å². The summed E-state index contributed by atoms with van der Waals surface area (Å²) < 4.78 is 13.7. The molecule has 1 unspecified atom stereocenters. The Bertz CT molecular complexity index is 1030. The molecule has 5 rings (SSSR count). The summed E-state index contributed by atoms with van der Waals surface area (Å²) in [5.74, 6) is 1.19. The van der Waals surface area contributed by atoms with Gasteiger partial charge >= 0.3 is 0 Å². The zero-order valence-electron chi connectivity index (χ0n) is 17.3. The fourth-order valence-electron chi connectivity index (χ4n) is 4.52. The molecular formula is C24H27N3O3. The fraction of sp³-hybridized carbons (Fsp3) is 0.375. The molecule has 156 valence electrons. The van der Waals surface area contributed by atoms with Gasteiger partial charge in [0.25, 0.3) is 5.91 Å². The van der Waals surface area contributed by atoms with Crippen LogP contribution < -0.4 is 0 Å². The van der Waals surface area contributed by atoms with Gasteiger partial charge in [-0.2, -0.15) is 0 Å². The predicted molar refractivity (Wildman–Crippen MR) is 113 cm³/mol. The van der Waals surface area contributed by atoms with Crippen molar-refractivity contribution >= 4 is 5.91 Å². The molecule has 1 atom stereocenters. The normalized spacial score (nSPS) is 19.6. The second-order valence-electron chi connectivity index (χ2n) is 8.08. The van der Waals surface area contributed by atoms with E-state index in [9.17, 15) is 4.79 Å². The maximum Gasteiger partial charge on any atom is 0.289 e. The van der Waals surface area contributed by atoms with Crippen molar-refractivity contribution in [2.45, 2.75) is 26.1 Å². The average Bonchev–Trinajstić information content (AvgIpc) is 3.43. The van der Waals surface area contributed by atoms with Crippen molar-refractivity contribution in [2.75, 3.05) is 32.8 Å². The third-order valence-corrected chi connectivity index (χ3v) is 6.03. The molecule has 0 spiro atoms. The van der Waals surface area contributed by atoms with Crippen molar-refractivity contribution in [1.82, 2.24) is 14.4 Å². The fourth-order valence-corrected chi connectivity index (χ4v) is 4.52. The summed E-state index contributed by atoms with van der Waals surface area (Å²) in [5.41, 5.74) is 3.83. The number of aryl methyl sites for hydroxylation is 1. The molecule has 1 saturated heterocycles. The molecule has 0 N–H and O–H groups in total. The molecule has 2 aliphatic heterocycles. The molecule has 0 saturated carbocycles. The summed E-state index contributed by atoms with van der Waals surface area (Å²) in [6.45, 7) is 7.08. The first-order valence-corrected chi connectivity index (χ1v) is 10.6. The maximum absolute atomic E-state index is 12.7. The molecule has 1 fully saturated rings. The van der Waals surface area contributed by atoms with Crippen LogP contribution in [-0.2, 0) is 17.8 Å². The van der Waals surface area contributed by atoms with Gasteiger partial charge in [-0.15, -0.1) is 0 Å². The van der Waals surface area contributed by atoms with Crippen LogP contribution >= 0.6 is 0 Å². The third kappa shape index (κ3) is 3.68. The Morgan fingerprint density at radius 3 is 2.73 bits per heavy atom. The van der Waals surface area contributed by atoms with Crippen LogP contribution in [0.5, 0.6) is 0 Å². The van der Waals surface area contributed by atoms with Crippen molar-refractivity contribution < 1.29 is 13.9 Å². The molecule has 0 bridgehead atoms. The molecule has 30 heavy (non-hydrogen) atoms. The Kier molecular flexibility index (Phi) is 5.19. The highest BCUT2D eigenvalue weighted by atomic mass is 16.5. The standard InChI is InChI=1S/C24H27N3O3/c1-18-4-2-5-19(16-18)23-21-6-3-9-25(21)10-11-27(23)17-20-7-8-22(30-20)24(28)26-12-14-29-15-13-26/h2-9,16,23H,10-15,17H2,1H3. The number of rotatable bonds is 4. The number of amides is 1. The lowest BCUT2D eigenvalue weighted by Gasteiger charge is -2.37. The minimum Gasteiger partial charge on any atom is -0.455 e. The van der Waals surface area contributed by atoms with E-state index in [4.69, 9.17) is 9.15 Å². The van der Waals surface area contributed by atoms with Gasteiger partial charge in [0, 0.05) is 38.1 Å². The van der Waals surface area contributed by atoms with Crippen LogP contribution in [-0.4, -0.2) is 53.1 Å². The number of ether oxygens (including phenoxy) is 1. The number of furan rings is 1. The number of fused-ring (bicyclic) bond motifs is 1. The van der Waals surface area contributed by atoms with Gasteiger partial charge < -0.3 is 18.6 Å². The van der Waals surface area contributed by atoms with Crippen molar-refractivity contribution in [1.29, 1.82) is 0 Å². The lowest BCUT2D eigenvalue weighted by atomic mass is 9.98. The van der Waals surface area contributed by atoms with Gasteiger partial charge in [0.2, 0.25) is 0 Å². The summed E-state index contributed by atoms with van der Waals surface area (Å²) in [6.07, 6.45) is 2.15. The second-order valence-corrected chi connectivity index (χ2v) is 8.08. The van der Waals surface area contributed by atoms with Gasteiger partial charge in [0.05, 0.1) is 25.8 Å². The molecule has 1 amide bonds. The van der Waals surface area contributed by atoms with Crippen LogP contribution in [0.15, 0.2) is 59.1 Å². The van der Waals surface area contributed by atoms with Gasteiger partial charge in [-0.25, -0.2) is 0 Å². The minimum absolute atomic E-state index is 0.0488. The molecular weight excluding hydrogens is 378 g/mol. The average molecular weight is 405 g/mol. The second kappa shape index (κ2) is 8.13. The number of aromatic nitrogens is 1. The van der Waals surface area contributed by atoms with E-state index in [0.29, 0.717) is 38.6 Å². The molecule has 1 aromatic carbocycles. The van der Waals surface area contributed by atoms with Gasteiger partial charge in [-0.1, -0.05) is 29.8 Å². The van der Waals surface area contributed by atoms with Crippen molar-refractivity contribution in [2.24, 2.45) is 0 Å². The van der Waals surface area contributed by atoms with E-state index in [-0.39, 0.29) is 11.9 Å². The van der Waals surface area contributed by atoms with Crippen LogP contribution in [0, 0.1) is 6.92 Å². The lowest BCUT2D eigenvalue weighted by Crippen LogP contribution is -2.40. The van der Waals surface area contributed by atoms with Crippen molar-refractivity contribution in [3.8, 4) is 0 Å². The Balaban J connectivity index is 1.38. The SMILES string of the molecule is Cc1cccc(C2c3cccn3CCN2Cc2ccc(C(=O)N3CCOCC3)o2)c1. The predicted octanol–water partition coefficient (Wildman–Crippen LogP) is 3.47. The number of nitrogens with zero attached hydrogens (tertiary/aromatic N) is 3. The number of hydrogen-bond acceptors (Lipinski definition) is 4.